The number of hydrogen-bond donors (Lipinski definition) is 1. The van der Waals surface area contributed by atoms with Crippen molar-refractivity contribution in [2.75, 3.05) is 43.5 Å². The molecular weight excluding hydrogens is 416 g/mol. The van der Waals surface area contributed by atoms with Crippen molar-refractivity contribution in [1.82, 2.24) is 4.90 Å². The number of nitro groups is 1. The molecule has 10 heteroatoms. The molecule has 0 saturated carbocycles. The maximum Gasteiger partial charge on any atom is 0.337 e. The van der Waals surface area contributed by atoms with E-state index in [1.807, 2.05) is 4.90 Å². The molecule has 168 valence electrons. The molecule has 0 radical (unpaired) electrons. The molecule has 0 bridgehead atoms. The number of nitrogens with zero attached hydrogens (tertiary/aromatic N) is 3. The average molecular weight is 440 g/mol. The second kappa shape index (κ2) is 9.46. The Morgan fingerprint density at radius 2 is 1.69 bits per heavy atom. The minimum atomic E-state index is -0.542. The number of hydrogen-bond acceptors (Lipinski definition) is 7. The van der Waals surface area contributed by atoms with Gasteiger partial charge in [-0.3, -0.25) is 19.7 Å². The number of ether oxygens (including phenoxy) is 1. The van der Waals surface area contributed by atoms with E-state index in [9.17, 15) is 24.5 Å². The highest BCUT2D eigenvalue weighted by molar-refractivity contribution is 6.07. The maximum atomic E-state index is 12.9. The zero-order valence-corrected chi connectivity index (χ0v) is 18.1. The van der Waals surface area contributed by atoms with Gasteiger partial charge in [-0.05, 0) is 37.3 Å². The fourth-order valence-electron chi connectivity index (χ4n) is 3.62. The van der Waals surface area contributed by atoms with Gasteiger partial charge in [0.15, 0.2) is 0 Å². The molecule has 10 nitrogen and oxygen atoms in total. The van der Waals surface area contributed by atoms with E-state index in [0.29, 0.717) is 43.1 Å². The Balaban J connectivity index is 1.90. The van der Waals surface area contributed by atoms with Gasteiger partial charge in [-0.15, -0.1) is 0 Å². The molecule has 0 spiro atoms. The third-order valence-corrected chi connectivity index (χ3v) is 5.39. The second-order valence-corrected chi connectivity index (χ2v) is 7.43. The highest BCUT2D eigenvalue weighted by Gasteiger charge is 2.23. The number of anilines is 2. The molecule has 1 heterocycles. The lowest BCUT2D eigenvalue weighted by Gasteiger charge is -2.36. The third-order valence-electron chi connectivity index (χ3n) is 5.39. The zero-order valence-electron chi connectivity index (χ0n) is 18.1. The molecule has 32 heavy (non-hydrogen) atoms. The number of nitro benzene ring substituents is 1. The van der Waals surface area contributed by atoms with Gasteiger partial charge in [0.25, 0.3) is 11.6 Å². The molecule has 0 unspecified atom stereocenters. The van der Waals surface area contributed by atoms with Gasteiger partial charge in [0.1, 0.15) is 0 Å². The van der Waals surface area contributed by atoms with Crippen LogP contribution in [0.5, 0.6) is 0 Å². The van der Waals surface area contributed by atoms with Crippen LogP contribution >= 0.6 is 0 Å². The Morgan fingerprint density at radius 1 is 1.03 bits per heavy atom. The highest BCUT2D eigenvalue weighted by atomic mass is 16.6. The molecule has 2 amide bonds. The molecule has 1 fully saturated rings. The van der Waals surface area contributed by atoms with Crippen LogP contribution in [0.2, 0.25) is 0 Å². The lowest BCUT2D eigenvalue weighted by molar-refractivity contribution is -0.385. The molecule has 3 rings (SSSR count). The molecule has 0 aliphatic carbocycles. The minimum absolute atomic E-state index is 0.00718. The Kier molecular flexibility index (Phi) is 6.72. The molecule has 1 aliphatic heterocycles. The number of esters is 1. The van der Waals surface area contributed by atoms with Gasteiger partial charge >= 0.3 is 5.97 Å². The van der Waals surface area contributed by atoms with Gasteiger partial charge in [0.05, 0.1) is 29.0 Å². The SMILES string of the molecule is COC(=O)c1ccc(N2CCN(C(C)=O)CC2)c(NC(=O)c2ccc([N+](=O)[O-])c(C)c2)c1. The number of rotatable bonds is 5. The second-order valence-electron chi connectivity index (χ2n) is 7.43. The Bertz CT molecular complexity index is 1080. The standard InChI is InChI=1S/C22H24N4O6/c1-14-12-16(4-6-19(14)26(30)31)21(28)23-18-13-17(22(29)32-3)5-7-20(18)25-10-8-24(9-11-25)15(2)27/h4-7,12-13H,8-11H2,1-3H3,(H,23,28). The number of aryl methyl sites for hydroxylation is 1. The average Bonchev–Trinajstić information content (AvgIpc) is 2.78. The van der Waals surface area contributed by atoms with Crippen LogP contribution in [0.4, 0.5) is 17.1 Å². The van der Waals surface area contributed by atoms with E-state index in [-0.39, 0.29) is 22.7 Å². The van der Waals surface area contributed by atoms with Crippen LogP contribution in [0.1, 0.15) is 33.2 Å². The van der Waals surface area contributed by atoms with Gasteiger partial charge in [-0.1, -0.05) is 0 Å². The highest BCUT2D eigenvalue weighted by Crippen LogP contribution is 2.30. The Hall–Kier alpha value is -3.95. The van der Waals surface area contributed by atoms with E-state index < -0.39 is 16.8 Å². The van der Waals surface area contributed by atoms with Crippen molar-refractivity contribution in [2.24, 2.45) is 0 Å². The molecule has 1 saturated heterocycles. The topological polar surface area (TPSA) is 122 Å². The molecule has 0 atom stereocenters. The zero-order chi connectivity index (χ0) is 23.4. The number of methoxy groups -OCH3 is 1. The Morgan fingerprint density at radius 3 is 2.25 bits per heavy atom. The van der Waals surface area contributed by atoms with Crippen LogP contribution in [0.3, 0.4) is 0 Å². The van der Waals surface area contributed by atoms with Crippen molar-refractivity contribution >= 4 is 34.8 Å². The fraction of sp³-hybridized carbons (Fsp3) is 0.318. The summed E-state index contributed by atoms with van der Waals surface area (Å²) >= 11 is 0. The molecule has 0 aromatic heterocycles. The molecule has 1 N–H and O–H groups in total. The summed E-state index contributed by atoms with van der Waals surface area (Å²) in [7, 11) is 1.27. The van der Waals surface area contributed by atoms with Crippen molar-refractivity contribution in [3.63, 3.8) is 0 Å². The van der Waals surface area contributed by atoms with E-state index in [0.717, 1.165) is 0 Å². The molecular formula is C22H24N4O6. The number of benzene rings is 2. The minimum Gasteiger partial charge on any atom is -0.465 e. The molecule has 1 aliphatic rings. The molecule has 2 aromatic rings. The number of piperazine rings is 1. The summed E-state index contributed by atoms with van der Waals surface area (Å²) in [5, 5.41) is 13.9. The summed E-state index contributed by atoms with van der Waals surface area (Å²) in [5.41, 5.74) is 1.93. The third kappa shape index (κ3) is 4.85. The van der Waals surface area contributed by atoms with Crippen LogP contribution < -0.4 is 10.2 Å². The summed E-state index contributed by atoms with van der Waals surface area (Å²) in [6.07, 6.45) is 0. The first-order valence-corrected chi connectivity index (χ1v) is 10.0. The number of amides is 2. The number of carbonyl (C=O) groups excluding carboxylic acids is 3. The van der Waals surface area contributed by atoms with Crippen LogP contribution in [-0.2, 0) is 9.53 Å². The summed E-state index contributed by atoms with van der Waals surface area (Å²) in [6, 6.07) is 9.00. The van der Waals surface area contributed by atoms with Crippen molar-refractivity contribution < 1.29 is 24.0 Å². The monoisotopic (exact) mass is 440 g/mol. The summed E-state index contributed by atoms with van der Waals surface area (Å²) in [5.74, 6) is -0.999. The normalized spacial score (nSPS) is 13.5. The predicted octanol–water partition coefficient (Wildman–Crippen LogP) is 2.61. The van der Waals surface area contributed by atoms with Crippen molar-refractivity contribution in [2.45, 2.75) is 13.8 Å². The van der Waals surface area contributed by atoms with Crippen molar-refractivity contribution in [1.29, 1.82) is 0 Å². The van der Waals surface area contributed by atoms with Gasteiger partial charge in [-0.2, -0.15) is 0 Å². The van der Waals surface area contributed by atoms with E-state index in [4.69, 9.17) is 4.74 Å². The smallest absolute Gasteiger partial charge is 0.337 e. The maximum absolute atomic E-state index is 12.9. The summed E-state index contributed by atoms with van der Waals surface area (Å²) in [6.45, 7) is 5.31. The first-order chi connectivity index (χ1) is 15.2. The van der Waals surface area contributed by atoms with E-state index in [1.54, 1.807) is 24.0 Å². The van der Waals surface area contributed by atoms with Crippen LogP contribution in [0, 0.1) is 17.0 Å². The first kappa shape index (κ1) is 22.7. The fourth-order valence-corrected chi connectivity index (χ4v) is 3.62. The first-order valence-electron chi connectivity index (χ1n) is 10.0. The van der Waals surface area contributed by atoms with E-state index >= 15 is 0 Å². The largest absolute Gasteiger partial charge is 0.465 e. The van der Waals surface area contributed by atoms with Crippen LogP contribution in [-0.4, -0.2) is 60.9 Å². The molecule has 2 aromatic carbocycles. The van der Waals surface area contributed by atoms with Gasteiger partial charge in [0.2, 0.25) is 5.91 Å². The van der Waals surface area contributed by atoms with E-state index in [1.165, 1.54) is 38.3 Å². The Labute approximate surface area is 184 Å². The van der Waals surface area contributed by atoms with E-state index in [2.05, 4.69) is 5.32 Å². The van der Waals surface area contributed by atoms with Crippen molar-refractivity contribution in [3.05, 3.63) is 63.2 Å². The quantitative estimate of drug-likeness (QED) is 0.431. The number of carbonyl (C=O) groups is 3. The van der Waals surface area contributed by atoms with Crippen LogP contribution in [0.25, 0.3) is 0 Å². The van der Waals surface area contributed by atoms with Gasteiger partial charge in [-0.25, -0.2) is 4.79 Å². The lowest BCUT2D eigenvalue weighted by Crippen LogP contribution is -2.48. The van der Waals surface area contributed by atoms with Gasteiger partial charge in [0, 0.05) is 50.3 Å². The summed E-state index contributed by atoms with van der Waals surface area (Å²) < 4.78 is 4.78. The van der Waals surface area contributed by atoms with Crippen molar-refractivity contribution in [3.8, 4) is 0 Å². The van der Waals surface area contributed by atoms with Crippen LogP contribution in [0.15, 0.2) is 36.4 Å². The van der Waals surface area contributed by atoms with Gasteiger partial charge < -0.3 is 19.9 Å². The summed E-state index contributed by atoms with van der Waals surface area (Å²) in [4.78, 5) is 50.8. The predicted molar refractivity (Wildman–Crippen MR) is 118 cm³/mol. The lowest BCUT2D eigenvalue weighted by atomic mass is 10.1. The number of nitrogens with one attached hydrogen (secondary N) is 1.